The monoisotopic (exact) mass is 418 g/mol. The molecule has 0 amide bonds. The van der Waals surface area contributed by atoms with Crippen molar-refractivity contribution < 1.29 is 19.1 Å². The van der Waals surface area contributed by atoms with Gasteiger partial charge in [0.2, 0.25) is 5.78 Å². The summed E-state index contributed by atoms with van der Waals surface area (Å²) in [5.74, 6) is -0.961. The van der Waals surface area contributed by atoms with Crippen molar-refractivity contribution >= 4 is 28.4 Å². The quantitative estimate of drug-likeness (QED) is 0.369. The molecule has 4 rings (SSSR count). The first-order valence-electron chi connectivity index (χ1n) is 10.7. The fourth-order valence-corrected chi connectivity index (χ4v) is 4.61. The molecule has 160 valence electrons. The van der Waals surface area contributed by atoms with Crippen LogP contribution in [0.15, 0.2) is 24.3 Å². The van der Waals surface area contributed by atoms with E-state index in [0.29, 0.717) is 28.1 Å². The van der Waals surface area contributed by atoms with Gasteiger partial charge in [-0.05, 0) is 63.6 Å². The van der Waals surface area contributed by atoms with Gasteiger partial charge in [0.1, 0.15) is 0 Å². The van der Waals surface area contributed by atoms with Gasteiger partial charge in [-0.15, -0.1) is 0 Å². The first-order chi connectivity index (χ1) is 14.9. The van der Waals surface area contributed by atoms with Crippen molar-refractivity contribution in [3.63, 3.8) is 0 Å². The number of fused-ring (bicyclic) bond motifs is 2. The second kappa shape index (κ2) is 8.46. The molecule has 3 aromatic rings. The molecule has 0 spiro atoms. The Labute approximate surface area is 181 Å². The van der Waals surface area contributed by atoms with Crippen molar-refractivity contribution in [3.05, 3.63) is 63.6 Å². The molecule has 0 saturated carbocycles. The zero-order chi connectivity index (χ0) is 22.1. The fraction of sp³-hybridized carbons (Fsp3) is 0.360. The van der Waals surface area contributed by atoms with Gasteiger partial charge in [0, 0.05) is 22.3 Å². The highest BCUT2D eigenvalue weighted by atomic mass is 16.5. The molecule has 1 aliphatic rings. The Hall–Kier alpha value is -3.28. The molecular weight excluding hydrogens is 392 g/mol. The highest BCUT2D eigenvalue weighted by molar-refractivity contribution is 6.07. The number of rotatable bonds is 5. The summed E-state index contributed by atoms with van der Waals surface area (Å²) in [5.41, 5.74) is 5.26. The number of hydrogen-bond donors (Lipinski definition) is 1. The Morgan fingerprint density at radius 3 is 2.52 bits per heavy atom. The minimum Gasteiger partial charge on any atom is -0.454 e. The van der Waals surface area contributed by atoms with E-state index >= 15 is 0 Å². The smallest absolute Gasteiger partial charge is 0.339 e. The van der Waals surface area contributed by atoms with Gasteiger partial charge in [0.05, 0.1) is 16.8 Å². The van der Waals surface area contributed by atoms with Gasteiger partial charge in [-0.2, -0.15) is 0 Å². The first kappa shape index (κ1) is 21.0. The van der Waals surface area contributed by atoms with Gasteiger partial charge < -0.3 is 9.72 Å². The van der Waals surface area contributed by atoms with E-state index in [2.05, 4.69) is 4.98 Å². The van der Waals surface area contributed by atoms with Crippen molar-refractivity contribution in [1.82, 2.24) is 9.97 Å². The SMILES string of the molecule is CC(=O)c1c(C)[nH]c(C(=O)COC(=O)c2c3c(nc4ccccc24)CCCCC3)c1C. The maximum absolute atomic E-state index is 13.2. The number of carbonyl (C=O) groups is 3. The van der Waals surface area contributed by atoms with Gasteiger partial charge in [-0.3, -0.25) is 14.6 Å². The van der Waals surface area contributed by atoms with E-state index < -0.39 is 5.97 Å². The van der Waals surface area contributed by atoms with Crippen LogP contribution in [0.25, 0.3) is 10.9 Å². The van der Waals surface area contributed by atoms with E-state index in [1.54, 1.807) is 13.8 Å². The zero-order valence-electron chi connectivity index (χ0n) is 18.1. The maximum Gasteiger partial charge on any atom is 0.339 e. The molecular formula is C25H26N2O4. The predicted octanol–water partition coefficient (Wildman–Crippen LogP) is 4.69. The predicted molar refractivity (Wildman–Crippen MR) is 118 cm³/mol. The van der Waals surface area contributed by atoms with E-state index in [1.165, 1.54) is 6.92 Å². The Morgan fingerprint density at radius 1 is 1.03 bits per heavy atom. The molecule has 1 aromatic carbocycles. The summed E-state index contributed by atoms with van der Waals surface area (Å²) in [6, 6.07) is 7.56. The van der Waals surface area contributed by atoms with Crippen LogP contribution in [0, 0.1) is 13.8 Å². The molecule has 0 aliphatic heterocycles. The largest absolute Gasteiger partial charge is 0.454 e. The summed E-state index contributed by atoms with van der Waals surface area (Å²) in [6.07, 6.45) is 4.77. The second-order valence-corrected chi connectivity index (χ2v) is 8.17. The number of para-hydroxylation sites is 1. The number of aromatic nitrogens is 2. The third-order valence-electron chi connectivity index (χ3n) is 6.03. The molecule has 2 heterocycles. The number of hydrogen-bond acceptors (Lipinski definition) is 5. The summed E-state index contributed by atoms with van der Waals surface area (Å²) in [4.78, 5) is 45.5. The van der Waals surface area contributed by atoms with Crippen LogP contribution in [0.5, 0.6) is 0 Å². The average molecular weight is 418 g/mol. The Bertz CT molecular complexity index is 1210. The van der Waals surface area contributed by atoms with E-state index in [-0.39, 0.29) is 18.2 Å². The summed E-state index contributed by atoms with van der Waals surface area (Å²) < 4.78 is 5.50. The number of Topliss-reactive ketones (excluding diaryl/α,β-unsaturated/α-hetero) is 2. The lowest BCUT2D eigenvalue weighted by Crippen LogP contribution is -2.18. The van der Waals surface area contributed by atoms with Crippen molar-refractivity contribution in [1.29, 1.82) is 0 Å². The molecule has 0 bridgehead atoms. The molecule has 1 aliphatic carbocycles. The molecule has 0 radical (unpaired) electrons. The van der Waals surface area contributed by atoms with Crippen molar-refractivity contribution in [3.8, 4) is 0 Å². The van der Waals surface area contributed by atoms with Crippen molar-refractivity contribution in [2.45, 2.75) is 52.9 Å². The third kappa shape index (κ3) is 3.90. The van der Waals surface area contributed by atoms with Crippen LogP contribution >= 0.6 is 0 Å². The molecule has 0 atom stereocenters. The Kier molecular flexibility index (Phi) is 5.72. The van der Waals surface area contributed by atoms with Crippen LogP contribution in [0.4, 0.5) is 0 Å². The third-order valence-corrected chi connectivity index (χ3v) is 6.03. The molecule has 31 heavy (non-hydrogen) atoms. The summed E-state index contributed by atoms with van der Waals surface area (Å²) in [6.45, 7) is 4.57. The summed E-state index contributed by atoms with van der Waals surface area (Å²) in [7, 11) is 0. The summed E-state index contributed by atoms with van der Waals surface area (Å²) in [5, 5.41) is 0.756. The van der Waals surface area contributed by atoms with Gasteiger partial charge in [0.25, 0.3) is 0 Å². The lowest BCUT2D eigenvalue weighted by molar-refractivity contribution is 0.0474. The molecule has 0 fully saturated rings. The number of H-pyrrole nitrogens is 1. The van der Waals surface area contributed by atoms with Gasteiger partial charge >= 0.3 is 5.97 Å². The molecule has 6 nitrogen and oxygen atoms in total. The minimum absolute atomic E-state index is 0.103. The van der Waals surface area contributed by atoms with E-state index in [9.17, 15) is 14.4 Å². The van der Waals surface area contributed by atoms with Crippen LogP contribution in [0.2, 0.25) is 0 Å². The molecule has 0 unspecified atom stereocenters. The minimum atomic E-state index is -0.502. The molecule has 0 saturated heterocycles. The van der Waals surface area contributed by atoms with E-state index in [1.807, 2.05) is 24.3 Å². The number of nitrogens with zero attached hydrogens (tertiary/aromatic N) is 1. The standard InChI is InChI=1S/C25H26N2O4/c1-14-22(16(3)28)15(2)26-24(14)21(29)13-31-25(30)23-17-9-5-4-6-11-19(17)27-20-12-8-7-10-18(20)23/h7-8,10,12,26H,4-6,9,11,13H2,1-3H3. The number of carbonyl (C=O) groups excluding carboxylic acids is 3. The van der Waals surface area contributed by atoms with Crippen molar-refractivity contribution in [2.75, 3.05) is 6.61 Å². The number of ether oxygens (including phenoxy) is 1. The maximum atomic E-state index is 13.2. The lowest BCUT2D eigenvalue weighted by atomic mass is 9.97. The number of aromatic amines is 1. The fourth-order valence-electron chi connectivity index (χ4n) is 4.61. The van der Waals surface area contributed by atoms with Crippen molar-refractivity contribution in [2.24, 2.45) is 0 Å². The average Bonchev–Trinajstić information content (AvgIpc) is 2.89. The molecule has 1 N–H and O–H groups in total. The van der Waals surface area contributed by atoms with E-state index in [0.717, 1.165) is 54.3 Å². The second-order valence-electron chi connectivity index (χ2n) is 8.17. The first-order valence-corrected chi connectivity index (χ1v) is 10.7. The van der Waals surface area contributed by atoms with E-state index in [4.69, 9.17) is 9.72 Å². The number of ketones is 2. The van der Waals surface area contributed by atoms with Gasteiger partial charge in [0.15, 0.2) is 12.4 Å². The number of aryl methyl sites for hydroxylation is 2. The van der Waals surface area contributed by atoms with Crippen LogP contribution in [-0.4, -0.2) is 34.1 Å². The van der Waals surface area contributed by atoms with Crippen LogP contribution < -0.4 is 0 Å². The Morgan fingerprint density at radius 2 is 1.77 bits per heavy atom. The molecule has 2 aromatic heterocycles. The number of esters is 1. The van der Waals surface area contributed by atoms with Gasteiger partial charge in [-0.1, -0.05) is 24.6 Å². The lowest BCUT2D eigenvalue weighted by Gasteiger charge is -2.14. The van der Waals surface area contributed by atoms with Crippen LogP contribution in [0.3, 0.4) is 0 Å². The highest BCUT2D eigenvalue weighted by Crippen LogP contribution is 2.29. The topological polar surface area (TPSA) is 89.1 Å². The molecule has 6 heteroatoms. The van der Waals surface area contributed by atoms with Gasteiger partial charge in [-0.25, -0.2) is 4.79 Å². The van der Waals surface area contributed by atoms with Crippen LogP contribution in [-0.2, 0) is 17.6 Å². The normalized spacial score (nSPS) is 13.5. The number of nitrogens with one attached hydrogen (secondary N) is 1. The highest BCUT2D eigenvalue weighted by Gasteiger charge is 2.25. The Balaban J connectivity index is 1.64. The zero-order valence-corrected chi connectivity index (χ0v) is 18.1. The summed E-state index contributed by atoms with van der Waals surface area (Å²) >= 11 is 0. The number of pyridine rings is 1. The number of benzene rings is 1. The van der Waals surface area contributed by atoms with Crippen LogP contribution in [0.1, 0.15) is 79.9 Å².